The van der Waals surface area contributed by atoms with Gasteiger partial charge in [0.25, 0.3) is 5.22 Å². The number of nitrogens with one attached hydrogen (secondary N) is 1. The van der Waals surface area contributed by atoms with Gasteiger partial charge in [-0.1, -0.05) is 11.8 Å². The van der Waals surface area contributed by atoms with Crippen molar-refractivity contribution in [1.82, 2.24) is 10.2 Å². The van der Waals surface area contributed by atoms with Crippen LogP contribution in [0.3, 0.4) is 0 Å². The number of nitrogens with zero attached hydrogens (tertiary/aromatic N) is 2. The highest BCUT2D eigenvalue weighted by Crippen LogP contribution is 2.24. The molecule has 1 aromatic carbocycles. The minimum absolute atomic E-state index is 0.118. The Bertz CT molecular complexity index is 739. The maximum Gasteiger partial charge on any atom is 0.277 e. The number of benzene rings is 1. The summed E-state index contributed by atoms with van der Waals surface area (Å²) >= 11 is 0.861. The molecule has 10 heteroatoms. The highest BCUT2D eigenvalue weighted by molar-refractivity contribution is 7.99. The molecule has 0 saturated heterocycles. The molecule has 0 bridgehead atoms. The molecule has 112 valence electrons. The number of carbonyl (C=O) groups excluding carboxylic acids is 1. The molecule has 1 aromatic heterocycles. The number of aromatic nitrogens is 2. The first-order valence-corrected chi connectivity index (χ1v) is 8.45. The third kappa shape index (κ3) is 4.76. The zero-order chi connectivity index (χ0) is 15.5. The minimum Gasteiger partial charge on any atom is -0.549 e. The summed E-state index contributed by atoms with van der Waals surface area (Å²) in [5.74, 6) is -1.29. The third-order valence-corrected chi connectivity index (χ3v) is 3.55. The van der Waals surface area contributed by atoms with Crippen LogP contribution in [0.25, 0.3) is 11.5 Å². The molecule has 0 aliphatic heterocycles. The fourth-order valence-corrected chi connectivity index (χ4v) is 2.44. The van der Waals surface area contributed by atoms with E-state index in [0.29, 0.717) is 11.3 Å². The topological polar surface area (TPSA) is 125 Å². The van der Waals surface area contributed by atoms with E-state index in [-0.39, 0.29) is 16.9 Å². The zero-order valence-corrected chi connectivity index (χ0v) is 12.4. The van der Waals surface area contributed by atoms with E-state index >= 15 is 0 Å². The number of rotatable bonds is 6. The van der Waals surface area contributed by atoms with Crippen LogP contribution in [0.5, 0.6) is 0 Å². The maximum absolute atomic E-state index is 11.1. The second-order valence-corrected chi connectivity index (χ2v) is 6.66. The van der Waals surface area contributed by atoms with Gasteiger partial charge in [0.15, 0.2) is 0 Å². The molecule has 1 N–H and O–H groups in total. The number of thioether (sulfide) groups is 1. The summed E-state index contributed by atoms with van der Waals surface area (Å²) in [4.78, 5) is 10.3. The molecule has 0 atom stereocenters. The Morgan fingerprint density at radius 2 is 2.00 bits per heavy atom. The van der Waals surface area contributed by atoms with Crippen molar-refractivity contribution >= 4 is 33.4 Å². The number of carbonyl (C=O) groups is 1. The molecule has 1 heterocycles. The first-order valence-electron chi connectivity index (χ1n) is 5.58. The first-order chi connectivity index (χ1) is 9.83. The Labute approximate surface area is 124 Å². The Kier molecular flexibility index (Phi) is 4.48. The van der Waals surface area contributed by atoms with Gasteiger partial charge in [-0.05, 0) is 24.3 Å². The molecule has 0 amide bonds. The van der Waals surface area contributed by atoms with Crippen molar-refractivity contribution < 1.29 is 22.7 Å². The summed E-state index contributed by atoms with van der Waals surface area (Å²) in [6.45, 7) is 0. The highest BCUT2D eigenvalue weighted by atomic mass is 32.2. The number of carboxylic acid groups (broad SMARTS) is 1. The monoisotopic (exact) mass is 328 g/mol. The number of carboxylic acids is 1. The quantitative estimate of drug-likeness (QED) is 0.732. The van der Waals surface area contributed by atoms with Crippen LogP contribution in [0.15, 0.2) is 33.9 Å². The van der Waals surface area contributed by atoms with E-state index in [2.05, 4.69) is 14.9 Å². The van der Waals surface area contributed by atoms with Crippen LogP contribution in [0.1, 0.15) is 0 Å². The number of anilines is 1. The Morgan fingerprint density at radius 1 is 1.33 bits per heavy atom. The lowest BCUT2D eigenvalue weighted by molar-refractivity contribution is -0.301. The van der Waals surface area contributed by atoms with Crippen molar-refractivity contribution in [2.45, 2.75) is 5.22 Å². The number of aliphatic carboxylic acids is 1. The van der Waals surface area contributed by atoms with Crippen LogP contribution in [0, 0.1) is 0 Å². The van der Waals surface area contributed by atoms with Gasteiger partial charge < -0.3 is 14.3 Å². The van der Waals surface area contributed by atoms with Crippen LogP contribution >= 0.6 is 11.8 Å². The smallest absolute Gasteiger partial charge is 0.277 e. The minimum atomic E-state index is -3.33. The molecule has 0 radical (unpaired) electrons. The highest BCUT2D eigenvalue weighted by Gasteiger charge is 2.09. The summed E-state index contributed by atoms with van der Waals surface area (Å²) in [5, 5.41) is 17.9. The lowest BCUT2D eigenvalue weighted by Crippen LogP contribution is -2.24. The zero-order valence-electron chi connectivity index (χ0n) is 10.8. The second-order valence-electron chi connectivity index (χ2n) is 3.99. The average Bonchev–Trinajstić information content (AvgIpc) is 2.84. The van der Waals surface area contributed by atoms with Crippen LogP contribution in [-0.2, 0) is 14.8 Å². The Morgan fingerprint density at radius 3 is 2.57 bits per heavy atom. The summed E-state index contributed by atoms with van der Waals surface area (Å²) in [5.41, 5.74) is 0.995. The van der Waals surface area contributed by atoms with Gasteiger partial charge in [-0.3, -0.25) is 4.72 Å². The van der Waals surface area contributed by atoms with Gasteiger partial charge in [0, 0.05) is 17.0 Å². The summed E-state index contributed by atoms with van der Waals surface area (Å²) in [6.07, 6.45) is 1.06. The van der Waals surface area contributed by atoms with E-state index in [1.54, 1.807) is 24.3 Å². The molecular weight excluding hydrogens is 318 g/mol. The van der Waals surface area contributed by atoms with Gasteiger partial charge in [0.1, 0.15) is 0 Å². The fourth-order valence-electron chi connectivity index (χ4n) is 1.40. The summed E-state index contributed by atoms with van der Waals surface area (Å²) in [6, 6.07) is 6.31. The molecule has 0 fully saturated rings. The van der Waals surface area contributed by atoms with Crippen molar-refractivity contribution in [1.29, 1.82) is 0 Å². The number of sulfonamides is 1. The molecule has 21 heavy (non-hydrogen) atoms. The molecule has 2 rings (SSSR count). The molecule has 0 unspecified atom stereocenters. The lowest BCUT2D eigenvalue weighted by Gasteiger charge is -2.03. The van der Waals surface area contributed by atoms with Gasteiger partial charge in [-0.2, -0.15) is 0 Å². The molecule has 2 aromatic rings. The van der Waals surface area contributed by atoms with E-state index in [4.69, 9.17) is 4.42 Å². The van der Waals surface area contributed by atoms with Gasteiger partial charge in [0.2, 0.25) is 15.9 Å². The molecule has 0 aliphatic rings. The number of hydrogen-bond acceptors (Lipinski definition) is 8. The van der Waals surface area contributed by atoms with E-state index in [1.165, 1.54) is 0 Å². The second kappa shape index (κ2) is 6.14. The van der Waals surface area contributed by atoms with Crippen molar-refractivity contribution in [3.8, 4) is 11.5 Å². The van der Waals surface area contributed by atoms with Crippen LogP contribution < -0.4 is 9.83 Å². The van der Waals surface area contributed by atoms with Gasteiger partial charge in [-0.15, -0.1) is 10.2 Å². The summed E-state index contributed by atoms with van der Waals surface area (Å²) < 4.78 is 29.8. The van der Waals surface area contributed by atoms with Crippen molar-refractivity contribution in [2.24, 2.45) is 0 Å². The van der Waals surface area contributed by atoms with E-state index in [9.17, 15) is 18.3 Å². The predicted octanol–water partition coefficient (Wildman–Crippen LogP) is -0.0499. The SMILES string of the molecule is CS(=O)(=O)Nc1ccc(-c2nnc(SCC(=O)[O-])o2)cc1. The van der Waals surface area contributed by atoms with Crippen molar-refractivity contribution in [2.75, 3.05) is 16.7 Å². The molecule has 0 aliphatic carbocycles. The standard InChI is InChI=1S/C11H11N3O5S2/c1-21(17,18)14-8-4-2-7(3-5-8)10-12-13-11(19-10)20-6-9(15)16/h2-5,14H,6H2,1H3,(H,15,16)/p-1. The van der Waals surface area contributed by atoms with Gasteiger partial charge in [0.05, 0.1) is 12.2 Å². The van der Waals surface area contributed by atoms with Crippen molar-refractivity contribution in [3.63, 3.8) is 0 Å². The molecule has 0 spiro atoms. The fraction of sp³-hybridized carbons (Fsp3) is 0.182. The molecular formula is C11H10N3O5S2-. The van der Waals surface area contributed by atoms with Crippen molar-refractivity contribution in [3.05, 3.63) is 24.3 Å². The number of hydrogen-bond donors (Lipinski definition) is 1. The van der Waals surface area contributed by atoms with E-state index in [1.807, 2.05) is 0 Å². The molecule has 8 nitrogen and oxygen atoms in total. The normalized spacial score (nSPS) is 11.3. The third-order valence-electron chi connectivity index (χ3n) is 2.16. The Balaban J connectivity index is 2.10. The van der Waals surface area contributed by atoms with Gasteiger partial charge in [-0.25, -0.2) is 8.42 Å². The van der Waals surface area contributed by atoms with E-state index in [0.717, 1.165) is 18.0 Å². The Hall–Kier alpha value is -2.07. The molecule has 0 saturated carbocycles. The van der Waals surface area contributed by atoms with Crippen LogP contribution in [-0.4, -0.2) is 36.6 Å². The van der Waals surface area contributed by atoms with Crippen LogP contribution in [0.4, 0.5) is 5.69 Å². The maximum atomic E-state index is 11.1. The van der Waals surface area contributed by atoms with E-state index < -0.39 is 16.0 Å². The summed E-state index contributed by atoms with van der Waals surface area (Å²) in [7, 11) is -3.33. The average molecular weight is 328 g/mol. The predicted molar refractivity (Wildman–Crippen MR) is 73.9 cm³/mol. The lowest BCUT2D eigenvalue weighted by atomic mass is 10.2. The first kappa shape index (κ1) is 15.3. The van der Waals surface area contributed by atoms with Gasteiger partial charge >= 0.3 is 0 Å². The largest absolute Gasteiger partial charge is 0.549 e. The van der Waals surface area contributed by atoms with Crippen LogP contribution in [0.2, 0.25) is 0 Å².